The molecule has 0 aliphatic heterocycles. The van der Waals surface area contributed by atoms with Crippen LogP contribution in [0.5, 0.6) is 0 Å². The maximum absolute atomic E-state index is 11.7. The van der Waals surface area contributed by atoms with E-state index in [1.165, 1.54) is 7.11 Å². The van der Waals surface area contributed by atoms with Crippen LogP contribution >= 0.6 is 23.4 Å². The van der Waals surface area contributed by atoms with Gasteiger partial charge in [0.25, 0.3) is 0 Å². The molecule has 2 N–H and O–H groups in total. The van der Waals surface area contributed by atoms with Gasteiger partial charge in [-0.05, 0) is 36.4 Å². The standard InChI is InChI=1S/C15H20ClNO4S/c1-21-9-8-13(15(19)20)17-14(18)3-2-10-22-12-6-4-11(16)5-7-12/h4-7,13H,2-3,8-10H2,1H3,(H,17,18)(H,19,20). The lowest BCUT2D eigenvalue weighted by atomic mass is 10.2. The second-order valence-electron chi connectivity index (χ2n) is 4.65. The van der Waals surface area contributed by atoms with Gasteiger partial charge in [-0.2, -0.15) is 0 Å². The molecule has 0 heterocycles. The number of hydrogen-bond acceptors (Lipinski definition) is 4. The number of carboxylic acids is 1. The minimum atomic E-state index is -1.04. The van der Waals surface area contributed by atoms with Gasteiger partial charge >= 0.3 is 5.97 Å². The molecule has 1 atom stereocenters. The molecule has 122 valence electrons. The second kappa shape index (κ2) is 10.5. The molecule has 22 heavy (non-hydrogen) atoms. The highest BCUT2D eigenvalue weighted by molar-refractivity contribution is 7.99. The van der Waals surface area contributed by atoms with Gasteiger partial charge < -0.3 is 15.2 Å². The third kappa shape index (κ3) is 7.68. The Morgan fingerprint density at radius 3 is 2.64 bits per heavy atom. The summed E-state index contributed by atoms with van der Waals surface area (Å²) in [5, 5.41) is 12.2. The zero-order chi connectivity index (χ0) is 16.4. The average Bonchev–Trinajstić information content (AvgIpc) is 2.49. The molecule has 5 nitrogen and oxygen atoms in total. The number of methoxy groups -OCH3 is 1. The van der Waals surface area contributed by atoms with Gasteiger partial charge in [0.05, 0.1) is 0 Å². The molecule has 0 aliphatic carbocycles. The zero-order valence-electron chi connectivity index (χ0n) is 12.4. The summed E-state index contributed by atoms with van der Waals surface area (Å²) in [5.74, 6) is -0.508. The van der Waals surface area contributed by atoms with E-state index in [0.717, 1.165) is 10.6 Å². The third-order valence-corrected chi connectivity index (χ3v) is 4.22. The number of nitrogens with one attached hydrogen (secondary N) is 1. The summed E-state index contributed by atoms with van der Waals surface area (Å²) in [5.41, 5.74) is 0. The number of carbonyl (C=O) groups excluding carboxylic acids is 1. The molecule has 0 fully saturated rings. The van der Waals surface area contributed by atoms with E-state index in [1.54, 1.807) is 11.8 Å². The van der Waals surface area contributed by atoms with Gasteiger partial charge in [-0.25, -0.2) is 4.79 Å². The lowest BCUT2D eigenvalue weighted by molar-refractivity contribution is -0.142. The van der Waals surface area contributed by atoms with Crippen LogP contribution in [0, 0.1) is 0 Å². The third-order valence-electron chi connectivity index (χ3n) is 2.87. The summed E-state index contributed by atoms with van der Waals surface area (Å²) in [4.78, 5) is 23.8. The van der Waals surface area contributed by atoms with Gasteiger partial charge in [-0.3, -0.25) is 4.79 Å². The van der Waals surface area contributed by atoms with Crippen LogP contribution in [0.1, 0.15) is 19.3 Å². The number of halogens is 1. The Hall–Kier alpha value is -1.24. The Kier molecular flexibility index (Phi) is 8.96. The molecule has 1 aromatic carbocycles. The summed E-state index contributed by atoms with van der Waals surface area (Å²) in [6.45, 7) is 0.295. The predicted octanol–water partition coefficient (Wildman–Crippen LogP) is 2.82. The van der Waals surface area contributed by atoms with Crippen LogP contribution in [0.3, 0.4) is 0 Å². The maximum Gasteiger partial charge on any atom is 0.326 e. The van der Waals surface area contributed by atoms with Gasteiger partial charge in [0.2, 0.25) is 5.91 Å². The topological polar surface area (TPSA) is 75.6 Å². The number of carboxylic acid groups (broad SMARTS) is 1. The number of amides is 1. The normalized spacial score (nSPS) is 11.9. The summed E-state index contributed by atoms with van der Waals surface area (Å²) in [6, 6.07) is 6.61. The van der Waals surface area contributed by atoms with Crippen molar-refractivity contribution in [3.05, 3.63) is 29.3 Å². The molecule has 7 heteroatoms. The first-order valence-electron chi connectivity index (χ1n) is 6.92. The van der Waals surface area contributed by atoms with E-state index in [9.17, 15) is 9.59 Å². The van der Waals surface area contributed by atoms with Crippen molar-refractivity contribution < 1.29 is 19.4 Å². The van der Waals surface area contributed by atoms with E-state index >= 15 is 0 Å². The van der Waals surface area contributed by atoms with Crippen LogP contribution in [-0.2, 0) is 14.3 Å². The molecule has 0 spiro atoms. The van der Waals surface area contributed by atoms with Crippen molar-refractivity contribution in [2.75, 3.05) is 19.5 Å². The van der Waals surface area contributed by atoms with Gasteiger partial charge in [-0.1, -0.05) is 11.6 Å². The Morgan fingerprint density at radius 1 is 1.36 bits per heavy atom. The smallest absolute Gasteiger partial charge is 0.326 e. The summed E-state index contributed by atoms with van der Waals surface area (Å²) in [6.07, 6.45) is 1.24. The molecular formula is C15H20ClNO4S. The van der Waals surface area contributed by atoms with Crippen molar-refractivity contribution >= 4 is 35.2 Å². The SMILES string of the molecule is COCCC(NC(=O)CCCSc1ccc(Cl)cc1)C(=O)O. The number of aliphatic carboxylic acids is 1. The summed E-state index contributed by atoms with van der Waals surface area (Å²) < 4.78 is 4.83. The van der Waals surface area contributed by atoms with Crippen LogP contribution in [0.25, 0.3) is 0 Å². The van der Waals surface area contributed by atoms with Crippen LogP contribution in [-0.4, -0.2) is 42.5 Å². The molecule has 0 radical (unpaired) electrons. The monoisotopic (exact) mass is 345 g/mol. The minimum absolute atomic E-state index is 0.250. The van der Waals surface area contributed by atoms with Gasteiger partial charge in [0.1, 0.15) is 6.04 Å². The van der Waals surface area contributed by atoms with E-state index in [0.29, 0.717) is 24.5 Å². The first-order valence-corrected chi connectivity index (χ1v) is 8.28. The second-order valence-corrected chi connectivity index (χ2v) is 6.25. The van der Waals surface area contributed by atoms with Crippen molar-refractivity contribution in [3.8, 4) is 0 Å². The first kappa shape index (κ1) is 18.8. The number of benzene rings is 1. The van der Waals surface area contributed by atoms with Crippen molar-refractivity contribution in [1.82, 2.24) is 5.32 Å². The fourth-order valence-corrected chi connectivity index (χ4v) is 2.69. The largest absolute Gasteiger partial charge is 0.480 e. The number of hydrogen-bond donors (Lipinski definition) is 2. The maximum atomic E-state index is 11.7. The lowest BCUT2D eigenvalue weighted by Gasteiger charge is -2.13. The highest BCUT2D eigenvalue weighted by atomic mass is 35.5. The van der Waals surface area contributed by atoms with E-state index in [-0.39, 0.29) is 12.3 Å². The average molecular weight is 346 g/mol. The fourth-order valence-electron chi connectivity index (χ4n) is 1.71. The summed E-state index contributed by atoms with van der Waals surface area (Å²) >= 11 is 7.44. The molecule has 0 saturated carbocycles. The Morgan fingerprint density at radius 2 is 2.05 bits per heavy atom. The van der Waals surface area contributed by atoms with Crippen LogP contribution in [0.2, 0.25) is 5.02 Å². The van der Waals surface area contributed by atoms with Crippen molar-refractivity contribution in [3.63, 3.8) is 0 Å². The van der Waals surface area contributed by atoms with Crippen molar-refractivity contribution in [2.24, 2.45) is 0 Å². The van der Waals surface area contributed by atoms with E-state index in [2.05, 4.69) is 5.32 Å². The van der Waals surface area contributed by atoms with Crippen LogP contribution in [0.4, 0.5) is 0 Å². The quantitative estimate of drug-likeness (QED) is 0.503. The van der Waals surface area contributed by atoms with Crippen molar-refractivity contribution in [2.45, 2.75) is 30.2 Å². The highest BCUT2D eigenvalue weighted by Crippen LogP contribution is 2.21. The van der Waals surface area contributed by atoms with E-state index in [1.807, 2.05) is 24.3 Å². The van der Waals surface area contributed by atoms with E-state index in [4.69, 9.17) is 21.4 Å². The highest BCUT2D eigenvalue weighted by Gasteiger charge is 2.19. The van der Waals surface area contributed by atoms with Crippen LogP contribution in [0.15, 0.2) is 29.2 Å². The molecule has 0 aliphatic rings. The molecule has 1 aromatic rings. The predicted molar refractivity (Wildman–Crippen MR) is 87.5 cm³/mol. The molecular weight excluding hydrogens is 326 g/mol. The first-order chi connectivity index (χ1) is 10.5. The van der Waals surface area contributed by atoms with Gasteiger partial charge in [0.15, 0.2) is 0 Å². The zero-order valence-corrected chi connectivity index (χ0v) is 14.0. The number of rotatable bonds is 10. The molecule has 0 aromatic heterocycles. The number of ether oxygens (including phenoxy) is 1. The Balaban J connectivity index is 2.24. The van der Waals surface area contributed by atoms with Crippen molar-refractivity contribution in [1.29, 1.82) is 0 Å². The molecule has 0 bridgehead atoms. The van der Waals surface area contributed by atoms with Gasteiger partial charge in [0, 0.05) is 36.5 Å². The minimum Gasteiger partial charge on any atom is -0.480 e. The number of thioether (sulfide) groups is 1. The fraction of sp³-hybridized carbons (Fsp3) is 0.467. The van der Waals surface area contributed by atoms with Crippen LogP contribution < -0.4 is 5.32 Å². The Labute approximate surface area is 139 Å². The molecule has 1 unspecified atom stereocenters. The lowest BCUT2D eigenvalue weighted by Crippen LogP contribution is -2.41. The van der Waals surface area contributed by atoms with E-state index < -0.39 is 12.0 Å². The summed E-state index contributed by atoms with van der Waals surface area (Å²) in [7, 11) is 1.49. The molecule has 0 saturated heterocycles. The number of carbonyl (C=O) groups is 2. The molecule has 1 amide bonds. The molecule has 1 rings (SSSR count). The Bertz CT molecular complexity index is 481. The van der Waals surface area contributed by atoms with Gasteiger partial charge in [-0.15, -0.1) is 11.8 Å².